The van der Waals surface area contributed by atoms with Crippen molar-refractivity contribution >= 4 is 5.69 Å². The average Bonchev–Trinajstić information content (AvgIpc) is 2.31. The van der Waals surface area contributed by atoms with E-state index in [1.165, 1.54) is 18.6 Å². The molecule has 2 atom stereocenters. The van der Waals surface area contributed by atoms with Crippen LogP contribution < -0.4 is 5.32 Å². The molecule has 0 spiro atoms. The zero-order chi connectivity index (χ0) is 13.2. The Labute approximate surface area is 108 Å². The number of halogens is 1. The predicted molar refractivity (Wildman–Crippen MR) is 72.2 cm³/mol. The van der Waals surface area contributed by atoms with Gasteiger partial charge in [0, 0.05) is 5.69 Å². The van der Waals surface area contributed by atoms with E-state index in [1.807, 2.05) is 13.0 Å². The minimum Gasteiger partial charge on any atom is -0.394 e. The molecule has 0 heterocycles. The molecule has 3 heteroatoms. The fourth-order valence-electron chi connectivity index (χ4n) is 2.97. The number of rotatable bonds is 3. The highest BCUT2D eigenvalue weighted by Crippen LogP contribution is 2.36. The van der Waals surface area contributed by atoms with E-state index in [1.54, 1.807) is 0 Å². The van der Waals surface area contributed by atoms with Gasteiger partial charge >= 0.3 is 0 Å². The first-order chi connectivity index (χ1) is 8.55. The van der Waals surface area contributed by atoms with Crippen molar-refractivity contribution in [3.63, 3.8) is 0 Å². The molecule has 0 aromatic heterocycles. The van der Waals surface area contributed by atoms with Gasteiger partial charge in [-0.25, -0.2) is 4.39 Å². The molecule has 0 amide bonds. The van der Waals surface area contributed by atoms with E-state index in [0.717, 1.165) is 30.5 Å². The first-order valence-electron chi connectivity index (χ1n) is 6.72. The minimum absolute atomic E-state index is 0.101. The largest absolute Gasteiger partial charge is 0.394 e. The average molecular weight is 251 g/mol. The molecule has 100 valence electrons. The van der Waals surface area contributed by atoms with Crippen LogP contribution in [-0.2, 0) is 0 Å². The molecule has 1 aliphatic rings. The lowest BCUT2D eigenvalue weighted by atomic mass is 9.74. The van der Waals surface area contributed by atoms with Gasteiger partial charge in [-0.2, -0.15) is 0 Å². The van der Waals surface area contributed by atoms with Gasteiger partial charge in [0.05, 0.1) is 12.1 Å². The van der Waals surface area contributed by atoms with Gasteiger partial charge in [-0.05, 0) is 49.4 Å². The normalized spacial score (nSPS) is 28.1. The third-order valence-electron chi connectivity index (χ3n) is 4.17. The molecule has 1 saturated carbocycles. The van der Waals surface area contributed by atoms with Crippen LogP contribution in [0.15, 0.2) is 18.2 Å². The lowest BCUT2D eigenvalue weighted by molar-refractivity contribution is 0.126. The summed E-state index contributed by atoms with van der Waals surface area (Å²) in [5, 5.41) is 13.1. The molecule has 18 heavy (non-hydrogen) atoms. The molecular weight excluding hydrogens is 229 g/mol. The summed E-state index contributed by atoms with van der Waals surface area (Å²) in [6.07, 6.45) is 4.39. The van der Waals surface area contributed by atoms with Gasteiger partial charge in [0.1, 0.15) is 5.82 Å². The zero-order valence-electron chi connectivity index (χ0n) is 11.2. The molecule has 1 aromatic rings. The van der Waals surface area contributed by atoms with Crippen molar-refractivity contribution in [3.05, 3.63) is 29.6 Å². The zero-order valence-corrected chi connectivity index (χ0v) is 11.2. The lowest BCUT2D eigenvalue weighted by Crippen LogP contribution is -2.49. The van der Waals surface area contributed by atoms with Crippen molar-refractivity contribution < 1.29 is 9.50 Å². The van der Waals surface area contributed by atoms with E-state index in [-0.39, 0.29) is 18.0 Å². The Hall–Kier alpha value is -1.09. The summed E-state index contributed by atoms with van der Waals surface area (Å²) in [6, 6.07) is 4.95. The van der Waals surface area contributed by atoms with E-state index < -0.39 is 0 Å². The van der Waals surface area contributed by atoms with Gasteiger partial charge in [-0.1, -0.05) is 19.8 Å². The van der Waals surface area contributed by atoms with Gasteiger partial charge < -0.3 is 10.4 Å². The molecule has 1 aromatic carbocycles. The second kappa shape index (κ2) is 5.27. The number of nitrogens with one attached hydrogen (secondary N) is 1. The first kappa shape index (κ1) is 13.3. The summed E-state index contributed by atoms with van der Waals surface area (Å²) >= 11 is 0. The maximum absolute atomic E-state index is 13.4. The highest BCUT2D eigenvalue weighted by Gasteiger charge is 2.37. The molecule has 2 unspecified atom stereocenters. The fourth-order valence-corrected chi connectivity index (χ4v) is 2.97. The van der Waals surface area contributed by atoms with E-state index in [2.05, 4.69) is 12.2 Å². The van der Waals surface area contributed by atoms with E-state index in [9.17, 15) is 9.50 Å². The van der Waals surface area contributed by atoms with Crippen molar-refractivity contribution in [3.8, 4) is 0 Å². The number of aliphatic hydroxyl groups excluding tert-OH is 1. The Morgan fingerprint density at radius 2 is 2.17 bits per heavy atom. The summed E-state index contributed by atoms with van der Waals surface area (Å²) < 4.78 is 13.4. The van der Waals surface area contributed by atoms with Gasteiger partial charge in [0.25, 0.3) is 0 Å². The summed E-state index contributed by atoms with van der Waals surface area (Å²) in [5.41, 5.74) is 1.38. The van der Waals surface area contributed by atoms with Gasteiger partial charge in [-0.15, -0.1) is 0 Å². The van der Waals surface area contributed by atoms with Crippen LogP contribution in [0.25, 0.3) is 0 Å². The van der Waals surface area contributed by atoms with Crippen LogP contribution in [0, 0.1) is 18.7 Å². The molecule has 0 saturated heterocycles. The SMILES string of the molecule is Cc1cc(F)cc(NC2(CO)CCCCC2C)c1. The molecule has 1 aliphatic carbocycles. The maximum Gasteiger partial charge on any atom is 0.125 e. The topological polar surface area (TPSA) is 32.3 Å². The summed E-state index contributed by atoms with van der Waals surface area (Å²) in [5.74, 6) is 0.175. The van der Waals surface area contributed by atoms with Crippen LogP contribution in [-0.4, -0.2) is 17.3 Å². The molecule has 0 radical (unpaired) electrons. The third-order valence-corrected chi connectivity index (χ3v) is 4.17. The van der Waals surface area contributed by atoms with Crippen LogP contribution in [0.5, 0.6) is 0 Å². The van der Waals surface area contributed by atoms with E-state index >= 15 is 0 Å². The molecule has 0 aliphatic heterocycles. The second-order valence-electron chi connectivity index (χ2n) is 5.60. The van der Waals surface area contributed by atoms with Crippen molar-refractivity contribution in [1.29, 1.82) is 0 Å². The van der Waals surface area contributed by atoms with Crippen LogP contribution in [0.1, 0.15) is 38.2 Å². The standard InChI is InChI=1S/C15H22FNO/c1-11-7-13(16)9-14(8-11)17-15(10-18)6-4-3-5-12(15)2/h7-9,12,17-18H,3-6,10H2,1-2H3. The quantitative estimate of drug-likeness (QED) is 0.862. The maximum atomic E-state index is 13.4. The highest BCUT2D eigenvalue weighted by molar-refractivity contribution is 5.48. The Morgan fingerprint density at radius 1 is 1.39 bits per heavy atom. The lowest BCUT2D eigenvalue weighted by Gasteiger charge is -2.43. The molecule has 1 fully saturated rings. The van der Waals surface area contributed by atoms with Crippen molar-refractivity contribution in [2.75, 3.05) is 11.9 Å². The Bertz CT molecular complexity index is 401. The van der Waals surface area contributed by atoms with Crippen LogP contribution in [0.4, 0.5) is 10.1 Å². The minimum atomic E-state index is -0.293. The molecule has 0 bridgehead atoms. The molecule has 2 N–H and O–H groups in total. The summed E-state index contributed by atoms with van der Waals surface area (Å²) in [6.45, 7) is 4.14. The van der Waals surface area contributed by atoms with Crippen LogP contribution >= 0.6 is 0 Å². The Kier molecular flexibility index (Phi) is 3.91. The second-order valence-corrected chi connectivity index (χ2v) is 5.60. The smallest absolute Gasteiger partial charge is 0.125 e. The Morgan fingerprint density at radius 3 is 2.78 bits per heavy atom. The van der Waals surface area contributed by atoms with Crippen molar-refractivity contribution in [2.45, 2.75) is 45.1 Å². The fraction of sp³-hybridized carbons (Fsp3) is 0.600. The highest BCUT2D eigenvalue weighted by atomic mass is 19.1. The third kappa shape index (κ3) is 2.66. The summed E-state index contributed by atoms with van der Waals surface area (Å²) in [4.78, 5) is 0. The van der Waals surface area contributed by atoms with Gasteiger partial charge in [-0.3, -0.25) is 0 Å². The number of anilines is 1. The van der Waals surface area contributed by atoms with Crippen LogP contribution in [0.2, 0.25) is 0 Å². The monoisotopic (exact) mass is 251 g/mol. The van der Waals surface area contributed by atoms with E-state index in [4.69, 9.17) is 0 Å². The van der Waals surface area contributed by atoms with Crippen LogP contribution in [0.3, 0.4) is 0 Å². The van der Waals surface area contributed by atoms with E-state index in [0.29, 0.717) is 5.92 Å². The predicted octanol–water partition coefficient (Wildman–Crippen LogP) is 3.49. The Balaban J connectivity index is 2.23. The molecular formula is C15H22FNO. The molecule has 2 rings (SSSR count). The number of hydrogen-bond donors (Lipinski definition) is 2. The van der Waals surface area contributed by atoms with Crippen molar-refractivity contribution in [2.24, 2.45) is 5.92 Å². The number of aliphatic hydroxyl groups is 1. The van der Waals surface area contributed by atoms with Gasteiger partial charge in [0.2, 0.25) is 0 Å². The molecule has 2 nitrogen and oxygen atoms in total. The first-order valence-corrected chi connectivity index (χ1v) is 6.72. The number of aryl methyl sites for hydroxylation is 1. The van der Waals surface area contributed by atoms with Gasteiger partial charge in [0.15, 0.2) is 0 Å². The van der Waals surface area contributed by atoms with Crippen molar-refractivity contribution in [1.82, 2.24) is 0 Å². The number of benzene rings is 1. The summed E-state index contributed by atoms with van der Waals surface area (Å²) in [7, 11) is 0. The number of hydrogen-bond acceptors (Lipinski definition) is 2.